The number of nitrogens with one attached hydrogen (secondary N) is 1. The number of rotatable bonds is 18. The van der Waals surface area contributed by atoms with Crippen molar-refractivity contribution in [1.82, 2.24) is 23.7 Å². The molecular formula is C38H49N7O7S. The Hall–Kier alpha value is -5.12. The molecule has 0 saturated heterocycles. The largest absolute Gasteiger partial charge is 0.411 e. The van der Waals surface area contributed by atoms with E-state index >= 15 is 0 Å². The van der Waals surface area contributed by atoms with E-state index in [0.29, 0.717) is 23.4 Å². The molecule has 0 fully saturated rings. The van der Waals surface area contributed by atoms with E-state index in [4.69, 9.17) is 10.4 Å². The average molecular weight is 748 g/mol. The third-order valence-corrected chi connectivity index (χ3v) is 10.9. The average Bonchev–Trinajstić information content (AvgIpc) is 3.49. The Bertz CT molecular complexity index is 2030. The number of oxime groups is 2. The number of nitrogens with zero attached hydrogens (tertiary/aromatic N) is 6. The van der Waals surface area contributed by atoms with Gasteiger partial charge in [-0.2, -0.15) is 4.31 Å². The summed E-state index contributed by atoms with van der Waals surface area (Å²) in [6.07, 6.45) is 5.35. The van der Waals surface area contributed by atoms with E-state index < -0.39 is 39.8 Å². The standard InChI is InChI=1S/C38H49N7O7S/c1-6-27(4)36(45-19-18-43(38(45)48)24-31-16-17-39-33(21-31)28(5)42-50)37(47)41-34(20-29-10-8-7-9-11-29)35(46)25-44(23-26(2)3)53(51,52)32-14-12-30(13-15-32)22-40-49/h7-19,21-22,26-27,34-36,46,49-50H,6,20,23-25H2,1-5H3,(H,41,47)/b40-22+,42-28+/t27-,34-,35+,36-/m0/s1. The topological polar surface area (TPSA) is 192 Å². The van der Waals surface area contributed by atoms with Gasteiger partial charge in [0.15, 0.2) is 0 Å². The summed E-state index contributed by atoms with van der Waals surface area (Å²) in [4.78, 5) is 32.3. The highest BCUT2D eigenvalue weighted by Crippen LogP contribution is 2.23. The van der Waals surface area contributed by atoms with Gasteiger partial charge in [0.05, 0.1) is 35.5 Å². The number of carbonyl (C=O) groups is 1. The molecule has 2 aromatic carbocycles. The zero-order chi connectivity index (χ0) is 38.7. The molecule has 0 radical (unpaired) electrons. The number of hydrogen-bond acceptors (Lipinski definition) is 10. The highest BCUT2D eigenvalue weighted by Gasteiger charge is 2.34. The molecular weight excluding hydrogens is 699 g/mol. The second kappa shape index (κ2) is 18.6. The van der Waals surface area contributed by atoms with Gasteiger partial charge in [0, 0.05) is 31.7 Å². The fraction of sp³-hybridized carbons (Fsp3) is 0.395. The molecule has 4 N–H and O–H groups in total. The molecule has 0 saturated carbocycles. The lowest BCUT2D eigenvalue weighted by Gasteiger charge is -2.32. The minimum absolute atomic E-state index is 0.00413. The first kappa shape index (κ1) is 40.6. The quantitative estimate of drug-likeness (QED) is 0.0664. The van der Waals surface area contributed by atoms with Crippen LogP contribution in [0.4, 0.5) is 0 Å². The monoisotopic (exact) mass is 747 g/mol. The first-order chi connectivity index (χ1) is 25.3. The molecule has 14 nitrogen and oxygen atoms in total. The molecule has 0 aliphatic rings. The Morgan fingerprint density at radius 1 is 1.00 bits per heavy atom. The predicted octanol–water partition coefficient (Wildman–Crippen LogP) is 4.12. The summed E-state index contributed by atoms with van der Waals surface area (Å²) in [5, 5.41) is 39.0. The van der Waals surface area contributed by atoms with E-state index in [1.807, 2.05) is 58.0 Å². The minimum atomic E-state index is -4.09. The maximum atomic E-state index is 14.3. The van der Waals surface area contributed by atoms with E-state index in [-0.39, 0.29) is 42.8 Å². The Balaban J connectivity index is 1.65. The van der Waals surface area contributed by atoms with Gasteiger partial charge in [-0.3, -0.25) is 18.9 Å². The Labute approximate surface area is 310 Å². The van der Waals surface area contributed by atoms with Gasteiger partial charge >= 0.3 is 5.69 Å². The van der Waals surface area contributed by atoms with Gasteiger partial charge in [-0.25, -0.2) is 13.2 Å². The summed E-state index contributed by atoms with van der Waals surface area (Å²) in [5.41, 5.74) is 2.44. The fourth-order valence-corrected chi connectivity index (χ4v) is 7.66. The number of aromatic nitrogens is 3. The van der Waals surface area contributed by atoms with Crippen LogP contribution in [0.25, 0.3) is 0 Å². The summed E-state index contributed by atoms with van der Waals surface area (Å²) in [6, 6.07) is 16.7. The molecule has 2 heterocycles. The number of amides is 1. The second-order valence-corrected chi connectivity index (χ2v) is 15.5. The number of sulfonamides is 1. The molecule has 4 rings (SSSR count). The van der Waals surface area contributed by atoms with Gasteiger partial charge in [0.1, 0.15) is 11.8 Å². The first-order valence-electron chi connectivity index (χ1n) is 17.5. The summed E-state index contributed by atoms with van der Waals surface area (Å²) >= 11 is 0. The lowest BCUT2D eigenvalue weighted by atomic mass is 9.96. The van der Waals surface area contributed by atoms with E-state index in [2.05, 4.69) is 20.6 Å². The zero-order valence-corrected chi connectivity index (χ0v) is 31.5. The number of pyridine rings is 1. The van der Waals surface area contributed by atoms with Gasteiger partial charge in [-0.1, -0.05) is 86.9 Å². The Morgan fingerprint density at radius 3 is 2.32 bits per heavy atom. The maximum absolute atomic E-state index is 14.3. The van der Waals surface area contributed by atoms with Crippen molar-refractivity contribution in [3.8, 4) is 0 Å². The highest BCUT2D eigenvalue weighted by atomic mass is 32.2. The van der Waals surface area contributed by atoms with Crippen LogP contribution in [0.5, 0.6) is 0 Å². The van der Waals surface area contributed by atoms with Crippen molar-refractivity contribution in [2.45, 2.75) is 77.1 Å². The van der Waals surface area contributed by atoms with Crippen LogP contribution < -0.4 is 11.0 Å². The van der Waals surface area contributed by atoms with Crippen molar-refractivity contribution >= 4 is 27.9 Å². The Morgan fingerprint density at radius 2 is 1.70 bits per heavy atom. The number of aliphatic hydroxyl groups excluding tert-OH is 1. The van der Waals surface area contributed by atoms with Crippen molar-refractivity contribution in [3.05, 3.63) is 118 Å². The van der Waals surface area contributed by atoms with Crippen LogP contribution in [-0.2, 0) is 27.8 Å². The molecule has 1 amide bonds. The zero-order valence-electron chi connectivity index (χ0n) is 30.6. The van der Waals surface area contributed by atoms with Crippen LogP contribution in [0.1, 0.15) is 69.5 Å². The maximum Gasteiger partial charge on any atom is 0.329 e. The molecule has 0 aliphatic carbocycles. The van der Waals surface area contributed by atoms with Gasteiger partial charge in [-0.15, -0.1) is 0 Å². The number of hydrogen-bond donors (Lipinski definition) is 4. The van der Waals surface area contributed by atoms with Crippen LogP contribution in [0, 0.1) is 11.8 Å². The van der Waals surface area contributed by atoms with E-state index in [0.717, 1.165) is 11.1 Å². The molecule has 2 aromatic heterocycles. The van der Waals surface area contributed by atoms with Crippen molar-refractivity contribution < 1.29 is 28.7 Å². The minimum Gasteiger partial charge on any atom is -0.411 e. The van der Waals surface area contributed by atoms with Crippen molar-refractivity contribution in [3.63, 3.8) is 0 Å². The first-order valence-corrected chi connectivity index (χ1v) is 18.9. The van der Waals surface area contributed by atoms with Gasteiger partial charge in [0.25, 0.3) is 0 Å². The second-order valence-electron chi connectivity index (χ2n) is 13.6. The van der Waals surface area contributed by atoms with Gasteiger partial charge in [-0.05, 0) is 66.1 Å². The van der Waals surface area contributed by atoms with Crippen LogP contribution in [0.15, 0.2) is 105 Å². The van der Waals surface area contributed by atoms with E-state index in [9.17, 15) is 23.1 Å². The van der Waals surface area contributed by atoms with Gasteiger partial charge in [0.2, 0.25) is 15.9 Å². The summed E-state index contributed by atoms with van der Waals surface area (Å²) < 4.78 is 31.9. The molecule has 4 aromatic rings. The molecule has 0 unspecified atom stereocenters. The lowest BCUT2D eigenvalue weighted by Crippen LogP contribution is -2.53. The Kier molecular flexibility index (Phi) is 14.2. The number of benzene rings is 2. The summed E-state index contributed by atoms with van der Waals surface area (Å²) in [5.74, 6) is -0.860. The lowest BCUT2D eigenvalue weighted by molar-refractivity contribution is -0.127. The highest BCUT2D eigenvalue weighted by molar-refractivity contribution is 7.89. The molecule has 284 valence electrons. The third kappa shape index (κ3) is 10.5. The summed E-state index contributed by atoms with van der Waals surface area (Å²) in [6.45, 7) is 9.13. The smallest absolute Gasteiger partial charge is 0.329 e. The van der Waals surface area contributed by atoms with E-state index in [1.54, 1.807) is 37.6 Å². The molecule has 0 bridgehead atoms. The van der Waals surface area contributed by atoms with Crippen molar-refractivity contribution in [1.29, 1.82) is 0 Å². The van der Waals surface area contributed by atoms with Crippen LogP contribution in [-0.4, -0.2) is 85.4 Å². The number of imidazole rings is 1. The number of carbonyl (C=O) groups excluding carboxylic acids is 1. The molecule has 53 heavy (non-hydrogen) atoms. The molecule has 4 atom stereocenters. The van der Waals surface area contributed by atoms with Crippen LogP contribution in [0.2, 0.25) is 0 Å². The van der Waals surface area contributed by atoms with Crippen LogP contribution in [0.3, 0.4) is 0 Å². The van der Waals surface area contributed by atoms with Crippen molar-refractivity contribution in [2.24, 2.45) is 22.1 Å². The number of aliphatic hydroxyl groups is 1. The normalized spacial score (nSPS) is 14.8. The van der Waals surface area contributed by atoms with Crippen molar-refractivity contribution in [2.75, 3.05) is 13.1 Å². The van der Waals surface area contributed by atoms with Gasteiger partial charge < -0.3 is 20.8 Å². The van der Waals surface area contributed by atoms with Crippen LogP contribution >= 0.6 is 0 Å². The SMILES string of the molecule is CC[C@H](C)[C@@H](C(=O)N[C@@H](Cc1ccccc1)[C@H](O)CN(CC(C)C)S(=O)(=O)c1ccc(/C=N/O)cc1)n1ccn(Cc2ccnc(/C(C)=N/O)c2)c1=O. The fourth-order valence-electron chi connectivity index (χ4n) is 6.04. The third-order valence-electron chi connectivity index (χ3n) is 9.10. The molecule has 15 heteroatoms. The summed E-state index contributed by atoms with van der Waals surface area (Å²) in [7, 11) is -4.09. The predicted molar refractivity (Wildman–Crippen MR) is 202 cm³/mol. The molecule has 0 aliphatic heterocycles. The molecule has 0 spiro atoms. The van der Waals surface area contributed by atoms with E-state index in [1.165, 1.54) is 43.9 Å².